The number of thioether (sulfide) groups is 1. The molecule has 0 heterocycles. The van der Waals surface area contributed by atoms with Crippen molar-refractivity contribution in [3.63, 3.8) is 0 Å². The van der Waals surface area contributed by atoms with Gasteiger partial charge in [0.15, 0.2) is 0 Å². The number of hydrogen-bond donors (Lipinski definition) is 1. The van der Waals surface area contributed by atoms with Crippen molar-refractivity contribution in [2.75, 3.05) is 0 Å². The van der Waals surface area contributed by atoms with Crippen LogP contribution in [0.1, 0.15) is 39.2 Å². The zero-order chi connectivity index (χ0) is 12.8. The first-order valence-electron chi connectivity index (χ1n) is 6.28. The van der Waals surface area contributed by atoms with Crippen LogP contribution in [0.2, 0.25) is 0 Å². The molecule has 17 heavy (non-hydrogen) atoms. The lowest BCUT2D eigenvalue weighted by molar-refractivity contribution is 0.584. The van der Waals surface area contributed by atoms with Crippen molar-refractivity contribution in [3.05, 3.63) is 29.6 Å². The van der Waals surface area contributed by atoms with E-state index in [0.717, 1.165) is 29.7 Å². The number of halogens is 1. The summed E-state index contributed by atoms with van der Waals surface area (Å²) >= 11 is 1.62. The molecule has 1 aromatic rings. The molecule has 2 N–H and O–H groups in total. The quantitative estimate of drug-likeness (QED) is 0.778. The van der Waals surface area contributed by atoms with E-state index in [1.807, 2.05) is 6.07 Å². The lowest BCUT2D eigenvalue weighted by atomic mass is 10.0. The summed E-state index contributed by atoms with van der Waals surface area (Å²) in [5.41, 5.74) is 7.00. The van der Waals surface area contributed by atoms with E-state index in [-0.39, 0.29) is 11.9 Å². The maximum atomic E-state index is 13.8. The van der Waals surface area contributed by atoms with Crippen molar-refractivity contribution in [1.82, 2.24) is 0 Å². The Labute approximate surface area is 108 Å². The molecule has 0 amide bonds. The highest BCUT2D eigenvalue weighted by atomic mass is 32.2. The molecule has 0 bridgehead atoms. The second-order valence-electron chi connectivity index (χ2n) is 4.44. The van der Waals surface area contributed by atoms with Crippen LogP contribution in [0.3, 0.4) is 0 Å². The van der Waals surface area contributed by atoms with E-state index in [4.69, 9.17) is 5.73 Å². The van der Waals surface area contributed by atoms with Gasteiger partial charge < -0.3 is 5.73 Å². The van der Waals surface area contributed by atoms with Crippen molar-refractivity contribution in [2.45, 2.75) is 56.2 Å². The Morgan fingerprint density at radius 3 is 2.59 bits per heavy atom. The van der Waals surface area contributed by atoms with Crippen molar-refractivity contribution >= 4 is 11.8 Å². The summed E-state index contributed by atoms with van der Waals surface area (Å²) in [6, 6.07) is 5.41. The van der Waals surface area contributed by atoms with E-state index in [2.05, 4.69) is 20.8 Å². The van der Waals surface area contributed by atoms with Gasteiger partial charge in [0.25, 0.3) is 0 Å². The third-order valence-corrected chi connectivity index (χ3v) is 4.38. The second-order valence-corrected chi connectivity index (χ2v) is 5.89. The number of benzene rings is 1. The van der Waals surface area contributed by atoms with Gasteiger partial charge in [-0.25, -0.2) is 4.39 Å². The molecule has 1 nitrogen and oxygen atoms in total. The zero-order valence-electron chi connectivity index (χ0n) is 10.9. The van der Waals surface area contributed by atoms with Crippen LogP contribution in [0, 0.1) is 5.82 Å². The predicted octanol–water partition coefficient (Wildman–Crippen LogP) is 4.00. The van der Waals surface area contributed by atoms with Gasteiger partial charge in [0.2, 0.25) is 0 Å². The van der Waals surface area contributed by atoms with Crippen molar-refractivity contribution in [3.8, 4) is 0 Å². The minimum atomic E-state index is -0.115. The van der Waals surface area contributed by atoms with E-state index >= 15 is 0 Å². The van der Waals surface area contributed by atoms with Crippen molar-refractivity contribution in [2.24, 2.45) is 5.73 Å². The normalized spacial score (nSPS) is 14.6. The van der Waals surface area contributed by atoms with Gasteiger partial charge in [-0.2, -0.15) is 0 Å². The maximum absolute atomic E-state index is 13.8. The molecule has 1 rings (SSSR count). The van der Waals surface area contributed by atoms with Crippen LogP contribution in [-0.2, 0) is 6.42 Å². The van der Waals surface area contributed by atoms with E-state index in [1.165, 1.54) is 6.07 Å². The largest absolute Gasteiger partial charge is 0.327 e. The van der Waals surface area contributed by atoms with Crippen molar-refractivity contribution < 1.29 is 4.39 Å². The fourth-order valence-corrected chi connectivity index (χ4v) is 2.61. The Hall–Kier alpha value is -0.540. The summed E-state index contributed by atoms with van der Waals surface area (Å²) in [5.74, 6) is -0.115. The smallest absolute Gasteiger partial charge is 0.137 e. The average Bonchev–Trinajstić information content (AvgIpc) is 2.33. The van der Waals surface area contributed by atoms with Gasteiger partial charge in [0.05, 0.1) is 0 Å². The van der Waals surface area contributed by atoms with Crippen LogP contribution >= 0.6 is 11.8 Å². The van der Waals surface area contributed by atoms with E-state index in [0.29, 0.717) is 5.25 Å². The van der Waals surface area contributed by atoms with Crippen LogP contribution in [0.25, 0.3) is 0 Å². The summed E-state index contributed by atoms with van der Waals surface area (Å²) in [4.78, 5) is 0.783. The molecule has 0 aliphatic carbocycles. The number of rotatable bonds is 6. The molecular formula is C14H22FNS. The van der Waals surface area contributed by atoms with E-state index in [1.54, 1.807) is 17.8 Å². The summed E-state index contributed by atoms with van der Waals surface area (Å²) in [7, 11) is 0. The first-order chi connectivity index (χ1) is 8.08. The molecule has 0 saturated heterocycles. The van der Waals surface area contributed by atoms with Gasteiger partial charge in [-0.3, -0.25) is 0 Å². The average molecular weight is 255 g/mol. The molecule has 1 aromatic carbocycles. The summed E-state index contributed by atoms with van der Waals surface area (Å²) < 4.78 is 13.8. The standard InChI is InChI=1S/C14H22FNS/c1-4-10(3)17-14-11(9-12(16)5-2)7-6-8-13(14)15/h6-8,10,12H,4-5,9,16H2,1-3H3. The fraction of sp³-hybridized carbons (Fsp3) is 0.571. The number of nitrogens with two attached hydrogens (primary N) is 1. The minimum Gasteiger partial charge on any atom is -0.327 e. The minimum absolute atomic E-state index is 0.115. The highest BCUT2D eigenvalue weighted by Crippen LogP contribution is 2.31. The second kappa shape index (κ2) is 7.02. The Morgan fingerprint density at radius 2 is 2.00 bits per heavy atom. The molecule has 2 atom stereocenters. The van der Waals surface area contributed by atoms with Gasteiger partial charge >= 0.3 is 0 Å². The van der Waals surface area contributed by atoms with Crippen LogP contribution < -0.4 is 5.73 Å². The third kappa shape index (κ3) is 4.32. The Morgan fingerprint density at radius 1 is 1.29 bits per heavy atom. The molecule has 0 fully saturated rings. The predicted molar refractivity (Wildman–Crippen MR) is 74.0 cm³/mol. The third-order valence-electron chi connectivity index (χ3n) is 2.95. The van der Waals surface area contributed by atoms with Gasteiger partial charge in [0.1, 0.15) is 5.82 Å². The molecule has 3 heteroatoms. The molecular weight excluding hydrogens is 233 g/mol. The Bertz CT molecular complexity index is 354. The summed E-state index contributed by atoms with van der Waals surface area (Å²) in [5, 5.41) is 0.434. The first-order valence-corrected chi connectivity index (χ1v) is 7.16. The van der Waals surface area contributed by atoms with Crippen LogP contribution in [-0.4, -0.2) is 11.3 Å². The van der Waals surface area contributed by atoms with Crippen molar-refractivity contribution in [1.29, 1.82) is 0 Å². The van der Waals surface area contributed by atoms with Gasteiger partial charge in [0, 0.05) is 16.2 Å². The molecule has 96 valence electrons. The molecule has 0 aliphatic rings. The van der Waals surface area contributed by atoms with Gasteiger partial charge in [-0.05, 0) is 30.9 Å². The lowest BCUT2D eigenvalue weighted by Crippen LogP contribution is -2.22. The molecule has 0 radical (unpaired) electrons. The van der Waals surface area contributed by atoms with E-state index in [9.17, 15) is 4.39 Å². The number of hydrogen-bond acceptors (Lipinski definition) is 2. The molecule has 0 saturated carbocycles. The Kier molecular flexibility index (Phi) is 6.00. The summed E-state index contributed by atoms with van der Waals surface area (Å²) in [6.07, 6.45) is 2.72. The van der Waals surface area contributed by atoms with Crippen LogP contribution in [0.15, 0.2) is 23.1 Å². The molecule has 2 unspecified atom stereocenters. The van der Waals surface area contributed by atoms with Crippen LogP contribution in [0.4, 0.5) is 4.39 Å². The molecule has 0 aromatic heterocycles. The maximum Gasteiger partial charge on any atom is 0.137 e. The monoisotopic (exact) mass is 255 g/mol. The highest BCUT2D eigenvalue weighted by Gasteiger charge is 2.13. The Balaban J connectivity index is 2.91. The zero-order valence-corrected chi connectivity index (χ0v) is 11.7. The van der Waals surface area contributed by atoms with E-state index < -0.39 is 0 Å². The molecule has 0 aliphatic heterocycles. The highest BCUT2D eigenvalue weighted by molar-refractivity contribution is 8.00. The summed E-state index contributed by atoms with van der Waals surface area (Å²) in [6.45, 7) is 6.31. The molecule has 0 spiro atoms. The van der Waals surface area contributed by atoms with Gasteiger partial charge in [-0.1, -0.05) is 32.9 Å². The lowest BCUT2D eigenvalue weighted by Gasteiger charge is -2.16. The fourth-order valence-electron chi connectivity index (χ4n) is 1.56. The van der Waals surface area contributed by atoms with Gasteiger partial charge in [-0.15, -0.1) is 11.8 Å². The van der Waals surface area contributed by atoms with Crippen LogP contribution in [0.5, 0.6) is 0 Å². The topological polar surface area (TPSA) is 26.0 Å². The SMILES string of the molecule is CCC(N)Cc1cccc(F)c1SC(C)CC. The first kappa shape index (κ1) is 14.5.